The molecular weight excluding hydrogens is 210 g/mol. The third kappa shape index (κ3) is 1.22. The highest BCUT2D eigenvalue weighted by molar-refractivity contribution is 7.21. The second kappa shape index (κ2) is 3.10. The molecule has 3 rings (SSSR count). The van der Waals surface area contributed by atoms with Gasteiger partial charge in [0.1, 0.15) is 11.1 Å². The van der Waals surface area contributed by atoms with Crippen molar-refractivity contribution in [1.29, 1.82) is 0 Å². The van der Waals surface area contributed by atoms with Gasteiger partial charge in [0.15, 0.2) is 5.75 Å². The maximum absolute atomic E-state index is 11.6. The summed E-state index contributed by atoms with van der Waals surface area (Å²) in [6, 6.07) is 7.82. The van der Waals surface area contributed by atoms with Gasteiger partial charge in [0.2, 0.25) is 0 Å². The van der Waals surface area contributed by atoms with Crippen LogP contribution in [-0.2, 0) is 0 Å². The molecule has 0 bridgehead atoms. The average Bonchev–Trinajstić information content (AvgIpc) is 2.54. The summed E-state index contributed by atoms with van der Waals surface area (Å²) >= 11 is 1.44. The molecule has 0 spiro atoms. The first-order valence-electron chi connectivity index (χ1n) is 4.50. The number of carbonyl (C=O) groups excluding carboxylic acids is 1. The highest BCUT2D eigenvalue weighted by Gasteiger charge is 2.20. The number of carbonyl (C=O) groups is 1. The predicted molar refractivity (Wildman–Crippen MR) is 59.1 cm³/mol. The molecule has 3 nitrogen and oxygen atoms in total. The van der Waals surface area contributed by atoms with Gasteiger partial charge >= 0.3 is 0 Å². The number of benzene rings is 1. The summed E-state index contributed by atoms with van der Waals surface area (Å²) in [5, 5.41) is 3.61. The minimum atomic E-state index is -0.111. The summed E-state index contributed by atoms with van der Waals surface area (Å²) < 4.78 is 6.48. The van der Waals surface area contributed by atoms with E-state index >= 15 is 0 Å². The molecule has 1 aliphatic rings. The molecule has 1 amide bonds. The molecule has 0 saturated heterocycles. The van der Waals surface area contributed by atoms with Crippen molar-refractivity contribution in [3.05, 3.63) is 41.6 Å². The fourth-order valence-corrected chi connectivity index (χ4v) is 2.61. The van der Waals surface area contributed by atoms with Crippen LogP contribution in [0.25, 0.3) is 10.1 Å². The summed E-state index contributed by atoms with van der Waals surface area (Å²) in [6.45, 7) is 0. The normalized spacial score (nSPS) is 14.3. The fourth-order valence-electron chi connectivity index (χ4n) is 1.57. The van der Waals surface area contributed by atoms with E-state index in [4.69, 9.17) is 4.74 Å². The number of rotatable bonds is 0. The summed E-state index contributed by atoms with van der Waals surface area (Å²) in [5.74, 6) is 0.543. The zero-order valence-electron chi connectivity index (χ0n) is 7.69. The Kier molecular flexibility index (Phi) is 1.76. The van der Waals surface area contributed by atoms with Crippen LogP contribution in [-0.4, -0.2) is 5.91 Å². The number of ether oxygens (including phenoxy) is 1. The van der Waals surface area contributed by atoms with Gasteiger partial charge in [-0.2, -0.15) is 0 Å². The zero-order chi connectivity index (χ0) is 10.3. The number of fused-ring (bicyclic) bond motifs is 3. The van der Waals surface area contributed by atoms with Crippen molar-refractivity contribution in [3.63, 3.8) is 0 Å². The van der Waals surface area contributed by atoms with Gasteiger partial charge in [0.25, 0.3) is 5.91 Å². The molecule has 1 aliphatic heterocycles. The smallest absolute Gasteiger partial charge is 0.269 e. The Labute approximate surface area is 90.0 Å². The molecule has 0 unspecified atom stereocenters. The lowest BCUT2D eigenvalue weighted by Gasteiger charge is -1.97. The Morgan fingerprint density at radius 1 is 1.27 bits per heavy atom. The predicted octanol–water partition coefficient (Wildman–Crippen LogP) is 2.49. The summed E-state index contributed by atoms with van der Waals surface area (Å²) in [6.07, 6.45) is 2.99. The fraction of sp³-hybridized carbons (Fsp3) is 0. The Bertz CT molecular complexity index is 571. The van der Waals surface area contributed by atoms with E-state index in [0.29, 0.717) is 10.6 Å². The van der Waals surface area contributed by atoms with Crippen LogP contribution in [0.2, 0.25) is 0 Å². The summed E-state index contributed by atoms with van der Waals surface area (Å²) in [4.78, 5) is 12.3. The van der Waals surface area contributed by atoms with Crippen LogP contribution in [0.15, 0.2) is 36.7 Å². The molecule has 15 heavy (non-hydrogen) atoms. The molecule has 2 heterocycles. The van der Waals surface area contributed by atoms with Crippen molar-refractivity contribution in [2.45, 2.75) is 0 Å². The van der Waals surface area contributed by atoms with Gasteiger partial charge in [-0.15, -0.1) is 11.3 Å². The first-order valence-corrected chi connectivity index (χ1v) is 5.32. The molecule has 4 heteroatoms. The molecule has 0 radical (unpaired) electrons. The third-order valence-corrected chi connectivity index (χ3v) is 3.38. The van der Waals surface area contributed by atoms with Gasteiger partial charge < -0.3 is 10.1 Å². The van der Waals surface area contributed by atoms with Crippen LogP contribution < -0.4 is 10.1 Å². The average molecular weight is 217 g/mol. The van der Waals surface area contributed by atoms with Gasteiger partial charge in [0.05, 0.1) is 0 Å². The number of hydrogen-bond acceptors (Lipinski definition) is 3. The van der Waals surface area contributed by atoms with Crippen LogP contribution in [0, 0.1) is 0 Å². The molecule has 0 aliphatic carbocycles. The van der Waals surface area contributed by atoms with Crippen LogP contribution >= 0.6 is 11.3 Å². The van der Waals surface area contributed by atoms with Gasteiger partial charge in [-0.25, -0.2) is 0 Å². The van der Waals surface area contributed by atoms with Crippen molar-refractivity contribution < 1.29 is 9.53 Å². The van der Waals surface area contributed by atoms with Crippen LogP contribution in [0.4, 0.5) is 0 Å². The quantitative estimate of drug-likeness (QED) is 0.736. The molecule has 74 valence electrons. The second-order valence-electron chi connectivity index (χ2n) is 3.15. The van der Waals surface area contributed by atoms with E-state index in [9.17, 15) is 4.79 Å². The van der Waals surface area contributed by atoms with Crippen LogP contribution in [0.1, 0.15) is 9.67 Å². The Hall–Kier alpha value is -1.81. The zero-order valence-corrected chi connectivity index (χ0v) is 8.51. The van der Waals surface area contributed by atoms with Crippen molar-refractivity contribution in [2.75, 3.05) is 0 Å². The number of nitrogens with one attached hydrogen (secondary N) is 1. The molecule has 2 aromatic rings. The van der Waals surface area contributed by atoms with E-state index in [1.165, 1.54) is 23.8 Å². The minimum absolute atomic E-state index is 0.111. The minimum Gasteiger partial charge on any atom is -0.461 e. The van der Waals surface area contributed by atoms with E-state index in [2.05, 4.69) is 5.32 Å². The molecular formula is C11H7NO2S. The number of thiophene rings is 1. The van der Waals surface area contributed by atoms with E-state index in [1.807, 2.05) is 24.3 Å². The maximum atomic E-state index is 11.6. The van der Waals surface area contributed by atoms with Crippen LogP contribution in [0.5, 0.6) is 5.75 Å². The molecule has 1 N–H and O–H groups in total. The first-order chi connectivity index (χ1) is 7.36. The molecule has 1 aromatic carbocycles. The molecule has 0 fully saturated rings. The lowest BCUT2D eigenvalue weighted by Crippen LogP contribution is -2.14. The first kappa shape index (κ1) is 8.49. The maximum Gasteiger partial charge on any atom is 0.269 e. The Morgan fingerprint density at radius 3 is 3.07 bits per heavy atom. The highest BCUT2D eigenvalue weighted by Crippen LogP contribution is 2.38. The van der Waals surface area contributed by atoms with Crippen LogP contribution in [0.3, 0.4) is 0 Å². The van der Waals surface area contributed by atoms with Gasteiger partial charge in [0, 0.05) is 16.3 Å². The van der Waals surface area contributed by atoms with E-state index in [-0.39, 0.29) is 5.91 Å². The standard InChI is InChI=1S/C11H7NO2S/c13-11-10-9(14-6-5-12-11)7-3-1-2-4-8(7)15-10/h1-6H,(H,12,13). The highest BCUT2D eigenvalue weighted by atomic mass is 32.1. The lowest BCUT2D eigenvalue weighted by atomic mass is 10.2. The van der Waals surface area contributed by atoms with E-state index < -0.39 is 0 Å². The Morgan fingerprint density at radius 2 is 2.13 bits per heavy atom. The molecule has 0 saturated carbocycles. The van der Waals surface area contributed by atoms with Gasteiger partial charge in [-0.3, -0.25) is 4.79 Å². The van der Waals surface area contributed by atoms with E-state index in [1.54, 1.807) is 0 Å². The summed E-state index contributed by atoms with van der Waals surface area (Å²) in [5.41, 5.74) is 0. The molecule has 0 atom stereocenters. The van der Waals surface area contributed by atoms with Crippen molar-refractivity contribution in [3.8, 4) is 5.75 Å². The SMILES string of the molecule is O=C1NC=COc2c1sc1ccccc21. The van der Waals surface area contributed by atoms with Crippen molar-refractivity contribution >= 4 is 27.3 Å². The second-order valence-corrected chi connectivity index (χ2v) is 4.20. The lowest BCUT2D eigenvalue weighted by molar-refractivity contribution is 0.0974. The third-order valence-electron chi connectivity index (χ3n) is 2.22. The number of hydrogen-bond donors (Lipinski definition) is 1. The summed E-state index contributed by atoms with van der Waals surface area (Å²) in [7, 11) is 0. The topological polar surface area (TPSA) is 38.3 Å². The monoisotopic (exact) mass is 217 g/mol. The largest absolute Gasteiger partial charge is 0.461 e. The van der Waals surface area contributed by atoms with E-state index in [0.717, 1.165) is 10.1 Å². The van der Waals surface area contributed by atoms with Gasteiger partial charge in [-0.1, -0.05) is 12.1 Å². The molecule has 1 aromatic heterocycles. The van der Waals surface area contributed by atoms with Crippen molar-refractivity contribution in [1.82, 2.24) is 5.32 Å². The van der Waals surface area contributed by atoms with Crippen molar-refractivity contribution in [2.24, 2.45) is 0 Å². The van der Waals surface area contributed by atoms with Gasteiger partial charge in [-0.05, 0) is 12.1 Å². The Balaban J connectivity index is 2.35. The number of amides is 1.